The maximum Gasteiger partial charge on any atom is 0.119 e. The van der Waals surface area contributed by atoms with E-state index in [-0.39, 0.29) is 0 Å². The summed E-state index contributed by atoms with van der Waals surface area (Å²) in [5.41, 5.74) is 1.25. The molecule has 0 spiro atoms. The van der Waals surface area contributed by atoms with Gasteiger partial charge in [-0.25, -0.2) is 0 Å². The quantitative estimate of drug-likeness (QED) is 0.600. The second-order valence-corrected chi connectivity index (χ2v) is 4.21. The van der Waals surface area contributed by atoms with Crippen molar-refractivity contribution in [2.75, 3.05) is 6.61 Å². The molecule has 2 nitrogen and oxygen atoms in total. The summed E-state index contributed by atoms with van der Waals surface area (Å²) in [5.74, 6) is 6.77. The summed E-state index contributed by atoms with van der Waals surface area (Å²) >= 11 is 0. The first-order chi connectivity index (χ1) is 8.22. The van der Waals surface area contributed by atoms with E-state index in [9.17, 15) is 0 Å². The number of benzene rings is 1. The summed E-state index contributed by atoms with van der Waals surface area (Å²) in [6, 6.07) is 8.69. The first-order valence-electron chi connectivity index (χ1n) is 6.07. The van der Waals surface area contributed by atoms with Gasteiger partial charge in [0.2, 0.25) is 0 Å². The minimum atomic E-state index is 0.499. The van der Waals surface area contributed by atoms with Gasteiger partial charge < -0.3 is 10.1 Å². The number of hydrogen-bond acceptors (Lipinski definition) is 2. The zero-order chi connectivity index (χ0) is 12.5. The molecule has 0 aliphatic carbocycles. The van der Waals surface area contributed by atoms with Crippen LogP contribution in [0.5, 0.6) is 5.75 Å². The molecule has 0 unspecified atom stereocenters. The average Bonchev–Trinajstić information content (AvgIpc) is 2.33. The van der Waals surface area contributed by atoms with E-state index in [0.29, 0.717) is 12.6 Å². The highest BCUT2D eigenvalue weighted by Crippen LogP contribution is 2.13. The minimum Gasteiger partial charge on any atom is -0.493 e. The fourth-order valence-corrected chi connectivity index (χ4v) is 1.41. The van der Waals surface area contributed by atoms with E-state index in [2.05, 4.69) is 43.1 Å². The molecule has 0 fully saturated rings. The molecule has 0 bridgehead atoms. The topological polar surface area (TPSA) is 21.3 Å². The van der Waals surface area contributed by atoms with E-state index >= 15 is 0 Å². The van der Waals surface area contributed by atoms with Crippen LogP contribution in [-0.4, -0.2) is 12.6 Å². The number of hydrogen-bond donors (Lipinski definition) is 1. The lowest BCUT2D eigenvalue weighted by molar-refractivity contribution is 0.326. The summed E-state index contributed by atoms with van der Waals surface area (Å²) in [5, 5.41) is 3.39. The van der Waals surface area contributed by atoms with E-state index in [1.165, 1.54) is 5.56 Å². The van der Waals surface area contributed by atoms with Crippen molar-refractivity contribution in [1.82, 2.24) is 5.32 Å². The Morgan fingerprint density at radius 3 is 2.88 bits per heavy atom. The Morgan fingerprint density at radius 2 is 2.18 bits per heavy atom. The third kappa shape index (κ3) is 5.99. The second-order valence-electron chi connectivity index (χ2n) is 4.21. The lowest BCUT2D eigenvalue weighted by Crippen LogP contribution is -2.21. The molecular weight excluding hydrogens is 210 g/mol. The molecule has 2 heteroatoms. The Morgan fingerprint density at radius 1 is 1.35 bits per heavy atom. The standard InChI is InChI=1S/C15H21NO/c1-4-5-6-10-17-15-9-7-8-14(11-15)12-16-13(2)3/h7-9,11,13,16H,6,10,12H2,1-3H3. The van der Waals surface area contributed by atoms with Gasteiger partial charge >= 0.3 is 0 Å². The zero-order valence-corrected chi connectivity index (χ0v) is 10.9. The average molecular weight is 231 g/mol. The maximum absolute atomic E-state index is 5.63. The number of nitrogens with one attached hydrogen (secondary N) is 1. The molecule has 1 aromatic rings. The molecule has 0 atom stereocenters. The van der Waals surface area contributed by atoms with Crippen LogP contribution in [0, 0.1) is 11.8 Å². The lowest BCUT2D eigenvalue weighted by atomic mass is 10.2. The Bertz CT molecular complexity index is 387. The molecule has 0 amide bonds. The van der Waals surface area contributed by atoms with Crippen LogP contribution in [0.2, 0.25) is 0 Å². The van der Waals surface area contributed by atoms with Gasteiger partial charge in [0.15, 0.2) is 0 Å². The van der Waals surface area contributed by atoms with Gasteiger partial charge in [0.1, 0.15) is 5.75 Å². The summed E-state index contributed by atoms with van der Waals surface area (Å²) in [4.78, 5) is 0. The molecule has 0 saturated heterocycles. The first kappa shape index (κ1) is 13.6. The van der Waals surface area contributed by atoms with E-state index in [1.54, 1.807) is 0 Å². The Kier molecular flexibility index (Phi) is 6.21. The van der Waals surface area contributed by atoms with Crippen molar-refractivity contribution < 1.29 is 4.74 Å². The predicted molar refractivity (Wildman–Crippen MR) is 72.0 cm³/mol. The molecule has 0 radical (unpaired) electrons. The van der Waals surface area contributed by atoms with Gasteiger partial charge in [-0.2, -0.15) is 0 Å². The van der Waals surface area contributed by atoms with Crippen molar-refractivity contribution in [2.24, 2.45) is 0 Å². The van der Waals surface area contributed by atoms with Crippen molar-refractivity contribution in [1.29, 1.82) is 0 Å². The SMILES string of the molecule is CC#CCCOc1cccc(CNC(C)C)c1. The molecule has 92 valence electrons. The van der Waals surface area contributed by atoms with Gasteiger partial charge in [0, 0.05) is 19.0 Å². The van der Waals surface area contributed by atoms with Gasteiger partial charge in [-0.1, -0.05) is 26.0 Å². The first-order valence-corrected chi connectivity index (χ1v) is 6.07. The fourth-order valence-electron chi connectivity index (χ4n) is 1.41. The van der Waals surface area contributed by atoms with Crippen LogP contribution in [0.3, 0.4) is 0 Å². The van der Waals surface area contributed by atoms with Crippen LogP contribution in [-0.2, 0) is 6.54 Å². The van der Waals surface area contributed by atoms with Crippen molar-refractivity contribution in [3.8, 4) is 17.6 Å². The van der Waals surface area contributed by atoms with Crippen molar-refractivity contribution in [2.45, 2.75) is 39.8 Å². The Labute approximate surface area is 104 Å². The van der Waals surface area contributed by atoms with Crippen LogP contribution < -0.4 is 10.1 Å². The third-order valence-corrected chi connectivity index (χ3v) is 2.29. The molecule has 0 heterocycles. The molecule has 1 aromatic carbocycles. The maximum atomic E-state index is 5.63. The van der Waals surface area contributed by atoms with E-state index in [1.807, 2.05) is 19.1 Å². The molecule has 0 aliphatic rings. The molecule has 0 saturated carbocycles. The molecular formula is C15H21NO. The van der Waals surface area contributed by atoms with Crippen LogP contribution in [0.15, 0.2) is 24.3 Å². The van der Waals surface area contributed by atoms with Crippen molar-refractivity contribution >= 4 is 0 Å². The highest BCUT2D eigenvalue weighted by molar-refractivity contribution is 5.28. The molecule has 17 heavy (non-hydrogen) atoms. The van der Waals surface area contributed by atoms with Crippen molar-refractivity contribution in [3.63, 3.8) is 0 Å². The van der Waals surface area contributed by atoms with E-state index in [4.69, 9.17) is 4.74 Å². The van der Waals surface area contributed by atoms with Crippen LogP contribution in [0.4, 0.5) is 0 Å². The molecule has 0 aliphatic heterocycles. The fraction of sp³-hybridized carbons (Fsp3) is 0.467. The Balaban J connectivity index is 2.44. The largest absolute Gasteiger partial charge is 0.493 e. The normalized spacial score (nSPS) is 9.88. The lowest BCUT2D eigenvalue weighted by Gasteiger charge is -2.10. The minimum absolute atomic E-state index is 0.499. The van der Waals surface area contributed by atoms with Gasteiger partial charge in [-0.05, 0) is 24.6 Å². The Hall–Kier alpha value is -1.46. The highest BCUT2D eigenvalue weighted by Gasteiger charge is 1.98. The second kappa shape index (κ2) is 7.76. The van der Waals surface area contributed by atoms with Gasteiger partial charge in [-0.15, -0.1) is 11.8 Å². The summed E-state index contributed by atoms with van der Waals surface area (Å²) in [6.45, 7) is 7.66. The summed E-state index contributed by atoms with van der Waals surface area (Å²) in [7, 11) is 0. The van der Waals surface area contributed by atoms with Gasteiger partial charge in [0.05, 0.1) is 6.61 Å². The van der Waals surface area contributed by atoms with E-state index < -0.39 is 0 Å². The molecule has 1 rings (SSSR count). The monoisotopic (exact) mass is 231 g/mol. The highest BCUT2D eigenvalue weighted by atomic mass is 16.5. The number of rotatable bonds is 6. The van der Waals surface area contributed by atoms with Gasteiger partial charge in [0.25, 0.3) is 0 Å². The molecule has 0 aromatic heterocycles. The van der Waals surface area contributed by atoms with Crippen molar-refractivity contribution in [3.05, 3.63) is 29.8 Å². The van der Waals surface area contributed by atoms with Gasteiger partial charge in [-0.3, -0.25) is 0 Å². The van der Waals surface area contributed by atoms with E-state index in [0.717, 1.165) is 18.7 Å². The van der Waals surface area contributed by atoms with Crippen LogP contribution in [0.1, 0.15) is 32.8 Å². The van der Waals surface area contributed by atoms with Crippen LogP contribution >= 0.6 is 0 Å². The van der Waals surface area contributed by atoms with Crippen LogP contribution in [0.25, 0.3) is 0 Å². The summed E-state index contributed by atoms with van der Waals surface area (Å²) < 4.78 is 5.63. The molecule has 1 N–H and O–H groups in total. The predicted octanol–water partition coefficient (Wildman–Crippen LogP) is 2.98. The third-order valence-electron chi connectivity index (χ3n) is 2.29. The number of ether oxygens (including phenoxy) is 1. The zero-order valence-electron chi connectivity index (χ0n) is 10.9. The smallest absolute Gasteiger partial charge is 0.119 e. The summed E-state index contributed by atoms with van der Waals surface area (Å²) in [6.07, 6.45) is 0.783.